The van der Waals surface area contributed by atoms with E-state index in [9.17, 15) is 5.48 Å². The molecule has 200 valence electrons. The largest absolute Gasteiger partial charge is 0.135 e. The van der Waals surface area contributed by atoms with Gasteiger partial charge in [0.2, 0.25) is 0 Å². The van der Waals surface area contributed by atoms with Gasteiger partial charge in [0.15, 0.2) is 0 Å². The van der Waals surface area contributed by atoms with Crippen LogP contribution in [-0.4, -0.2) is 0 Å². The first kappa shape index (κ1) is 17.7. The molecule has 1 aromatic heterocycles. The van der Waals surface area contributed by atoms with Crippen LogP contribution in [-0.2, 0) is 0 Å². The second-order valence-electron chi connectivity index (χ2n) is 10.7. The predicted octanol–water partition coefficient (Wildman–Crippen LogP) is 12.5. The Morgan fingerprint density at radius 1 is 0.395 bits per heavy atom. The van der Waals surface area contributed by atoms with Crippen molar-refractivity contribution in [2.24, 2.45) is 0 Å². The van der Waals surface area contributed by atoms with E-state index in [0.717, 1.165) is 21.9 Å². The van der Waals surface area contributed by atoms with Crippen molar-refractivity contribution in [2.45, 2.75) is 0 Å². The van der Waals surface area contributed by atoms with Gasteiger partial charge in [-0.1, -0.05) is 139 Å². The molecule has 9 rings (SSSR count). The van der Waals surface area contributed by atoms with Crippen LogP contribution in [0.5, 0.6) is 0 Å². The fraction of sp³-hybridized carbons (Fsp3) is 0. The number of hydrogen-bond acceptors (Lipinski definition) is 1. The number of fused-ring (bicyclic) bond motifs is 6. The van der Waals surface area contributed by atoms with E-state index in [2.05, 4.69) is 30.3 Å². The van der Waals surface area contributed by atoms with Gasteiger partial charge in [0.1, 0.15) is 0 Å². The molecular weight excluding hydrogens is 537 g/mol. The van der Waals surface area contributed by atoms with Crippen molar-refractivity contribution >= 4 is 63.8 Å². The Hall–Kier alpha value is -5.24. The smallest absolute Gasteiger partial charge is 0.0629 e. The molecule has 9 aromatic rings. The number of rotatable bonds is 3. The molecule has 0 unspecified atom stereocenters. The van der Waals surface area contributed by atoms with Gasteiger partial charge < -0.3 is 0 Å². The Bertz CT molecular complexity index is 2860. The summed E-state index contributed by atoms with van der Waals surface area (Å²) < 4.78 is 74.3. The standard InChI is InChI=1S/C42H26S/c1-2-12-31-28(10-1)11-9-18-33(31)42-36-16-5-3-14-34(36)41(35-15-4-6-17-37(35)42)29-22-20-27(21-23-29)30-24-25-40-38(26-30)32-13-7-8-19-39(32)43-40/h1-26H/i3D,4D,5D,6D,14D,15D,16D,17D. The van der Waals surface area contributed by atoms with Gasteiger partial charge in [0, 0.05) is 20.2 Å². The van der Waals surface area contributed by atoms with Crippen molar-refractivity contribution in [3.05, 3.63) is 158 Å². The minimum Gasteiger partial charge on any atom is -0.135 e. The summed E-state index contributed by atoms with van der Waals surface area (Å²) >= 11 is 1.75. The van der Waals surface area contributed by atoms with E-state index in [1.807, 2.05) is 78.9 Å². The molecule has 0 aliphatic rings. The zero-order valence-corrected chi connectivity index (χ0v) is 23.6. The maximum absolute atomic E-state index is 9.26. The molecule has 0 saturated heterocycles. The Labute approximate surface area is 265 Å². The highest BCUT2D eigenvalue weighted by atomic mass is 32.1. The highest BCUT2D eigenvalue weighted by Crippen LogP contribution is 2.45. The topological polar surface area (TPSA) is 0 Å². The summed E-state index contributed by atoms with van der Waals surface area (Å²) in [5, 5.41) is 4.91. The van der Waals surface area contributed by atoms with Gasteiger partial charge >= 0.3 is 0 Å². The van der Waals surface area contributed by atoms with Crippen LogP contribution >= 0.6 is 11.3 Å². The van der Waals surface area contributed by atoms with Gasteiger partial charge in [-0.3, -0.25) is 0 Å². The van der Waals surface area contributed by atoms with Crippen LogP contribution in [0.25, 0.3) is 85.9 Å². The van der Waals surface area contributed by atoms with E-state index in [4.69, 9.17) is 5.48 Å². The SMILES string of the molecule is [2H]c1c([2H])c([2H])c2c(-c3cccc4ccccc34)c3c([2H])c([2H])c([2H])c([2H])c3c(-c3ccc(-c4ccc5sc6ccccc6c5c4)cc3)c2c1[2H]. The summed E-state index contributed by atoms with van der Waals surface area (Å²) in [6.07, 6.45) is 0. The number of benzene rings is 8. The third-order valence-corrected chi connectivity index (χ3v) is 9.47. The lowest BCUT2D eigenvalue weighted by molar-refractivity contribution is 1.64. The van der Waals surface area contributed by atoms with Gasteiger partial charge in [0.05, 0.1) is 11.0 Å². The quantitative estimate of drug-likeness (QED) is 0.185. The van der Waals surface area contributed by atoms with Crippen molar-refractivity contribution < 1.29 is 11.0 Å². The summed E-state index contributed by atoms with van der Waals surface area (Å²) in [4.78, 5) is 0. The van der Waals surface area contributed by atoms with Crippen molar-refractivity contribution in [3.8, 4) is 33.4 Å². The summed E-state index contributed by atoms with van der Waals surface area (Å²) in [7, 11) is 0. The molecule has 1 heterocycles. The lowest BCUT2D eigenvalue weighted by Gasteiger charge is -2.19. The molecule has 0 nitrogen and oxygen atoms in total. The molecule has 0 amide bonds. The Balaban J connectivity index is 1.40. The van der Waals surface area contributed by atoms with Gasteiger partial charge in [-0.25, -0.2) is 0 Å². The zero-order valence-electron chi connectivity index (χ0n) is 30.8. The van der Waals surface area contributed by atoms with E-state index in [-0.39, 0.29) is 45.7 Å². The van der Waals surface area contributed by atoms with Crippen LogP contribution in [0, 0.1) is 0 Å². The van der Waals surface area contributed by atoms with Crippen LogP contribution in [0.15, 0.2) is 158 Å². The van der Waals surface area contributed by atoms with Gasteiger partial charge in [-0.2, -0.15) is 0 Å². The van der Waals surface area contributed by atoms with Gasteiger partial charge in [0.25, 0.3) is 0 Å². The van der Waals surface area contributed by atoms with Gasteiger partial charge in [-0.05, 0) is 83.9 Å². The monoisotopic (exact) mass is 570 g/mol. The van der Waals surface area contributed by atoms with E-state index >= 15 is 0 Å². The Morgan fingerprint density at radius 2 is 0.953 bits per heavy atom. The zero-order chi connectivity index (χ0) is 35.3. The third kappa shape index (κ3) is 3.82. The molecule has 0 aliphatic heterocycles. The highest BCUT2D eigenvalue weighted by molar-refractivity contribution is 7.25. The number of thiophene rings is 1. The molecule has 8 aromatic carbocycles. The normalized spacial score (nSPS) is 14.3. The van der Waals surface area contributed by atoms with Crippen LogP contribution < -0.4 is 0 Å². The predicted molar refractivity (Wildman–Crippen MR) is 188 cm³/mol. The first-order valence-electron chi connectivity index (χ1n) is 18.1. The lowest BCUT2D eigenvalue weighted by Crippen LogP contribution is -1.91. The molecule has 0 fully saturated rings. The molecule has 0 aliphatic carbocycles. The lowest BCUT2D eigenvalue weighted by atomic mass is 9.84. The van der Waals surface area contributed by atoms with Crippen molar-refractivity contribution in [1.29, 1.82) is 0 Å². The van der Waals surface area contributed by atoms with E-state index in [0.29, 0.717) is 22.3 Å². The number of hydrogen-bond donors (Lipinski definition) is 0. The average molecular weight is 571 g/mol. The maximum Gasteiger partial charge on any atom is 0.0629 e. The minimum atomic E-state index is -0.411. The first-order valence-corrected chi connectivity index (χ1v) is 14.9. The summed E-state index contributed by atoms with van der Waals surface area (Å²) in [6, 6.07) is 33.0. The van der Waals surface area contributed by atoms with E-state index in [1.54, 1.807) is 11.3 Å². The molecule has 0 spiro atoms. The summed E-state index contributed by atoms with van der Waals surface area (Å²) in [5.74, 6) is 0. The fourth-order valence-corrected chi connectivity index (χ4v) is 7.45. The van der Waals surface area contributed by atoms with E-state index < -0.39 is 24.2 Å². The molecular formula is C42H26S. The molecule has 1 heteroatoms. The van der Waals surface area contributed by atoms with Crippen LogP contribution in [0.2, 0.25) is 0 Å². The molecule has 0 saturated carbocycles. The molecule has 0 bridgehead atoms. The fourth-order valence-electron chi connectivity index (χ4n) is 6.36. The first-order chi connectivity index (χ1) is 24.7. The van der Waals surface area contributed by atoms with Crippen molar-refractivity contribution in [2.75, 3.05) is 0 Å². The van der Waals surface area contributed by atoms with E-state index in [1.165, 1.54) is 20.2 Å². The summed E-state index contributed by atoms with van der Waals surface area (Å²) in [6.45, 7) is 0. The second-order valence-corrected chi connectivity index (χ2v) is 11.7. The average Bonchev–Trinajstić information content (AvgIpc) is 3.54. The molecule has 0 atom stereocenters. The minimum absolute atomic E-state index is 0.209. The van der Waals surface area contributed by atoms with Gasteiger partial charge in [-0.15, -0.1) is 11.3 Å². The second kappa shape index (κ2) is 9.66. The molecule has 43 heavy (non-hydrogen) atoms. The van der Waals surface area contributed by atoms with Crippen LogP contribution in [0.1, 0.15) is 11.0 Å². The molecule has 0 radical (unpaired) electrons. The van der Waals surface area contributed by atoms with Crippen molar-refractivity contribution in [1.82, 2.24) is 0 Å². The molecule has 0 N–H and O–H groups in total. The Morgan fingerprint density at radius 3 is 1.70 bits per heavy atom. The van der Waals surface area contributed by atoms with Crippen LogP contribution in [0.4, 0.5) is 0 Å². The third-order valence-electron chi connectivity index (χ3n) is 8.32. The highest BCUT2D eigenvalue weighted by Gasteiger charge is 2.18. The van der Waals surface area contributed by atoms with Crippen LogP contribution in [0.3, 0.4) is 0 Å². The summed E-state index contributed by atoms with van der Waals surface area (Å²) in [5.41, 5.74) is 3.86. The maximum atomic E-state index is 9.26. The Kier molecular flexibility index (Phi) is 3.97. The van der Waals surface area contributed by atoms with Crippen molar-refractivity contribution in [3.63, 3.8) is 0 Å².